The topological polar surface area (TPSA) is 93.6 Å². The Hall–Kier alpha value is -2.29. The van der Waals surface area contributed by atoms with E-state index in [1.807, 2.05) is 6.26 Å². The highest BCUT2D eigenvalue weighted by molar-refractivity contribution is 7.98. The molecule has 1 saturated heterocycles. The smallest absolute Gasteiger partial charge is 0.409 e. The number of esters is 1. The van der Waals surface area contributed by atoms with Crippen LogP contribution in [-0.4, -0.2) is 65.5 Å². The van der Waals surface area contributed by atoms with Crippen LogP contribution in [0, 0.1) is 0 Å². The first-order valence-corrected chi connectivity index (χ1v) is 10.2. The summed E-state index contributed by atoms with van der Waals surface area (Å²) in [6, 6.07) is 0.176. The van der Waals surface area contributed by atoms with E-state index in [4.69, 9.17) is 9.47 Å². The zero-order chi connectivity index (χ0) is 19.6. The molecule has 0 saturated carbocycles. The van der Waals surface area contributed by atoms with Crippen molar-refractivity contribution >= 4 is 35.7 Å². The third kappa shape index (κ3) is 6.42. The summed E-state index contributed by atoms with van der Waals surface area (Å²) < 4.78 is 9.96. The Labute approximate surface area is 163 Å². The lowest BCUT2D eigenvalue weighted by Crippen LogP contribution is -2.42. The van der Waals surface area contributed by atoms with Crippen molar-refractivity contribution < 1.29 is 19.1 Å². The molecule has 0 unspecified atom stereocenters. The van der Waals surface area contributed by atoms with Crippen molar-refractivity contribution in [2.75, 3.05) is 37.9 Å². The maximum absolute atomic E-state index is 11.8. The Balaban J connectivity index is 2.04. The standard InChI is InChI=1S/C18H26N4O4S/c1-4-25-15(23)7-6-13-12-19-17(27-3)21-16(13)20-14-8-10-22(11-9-14)18(24)26-5-2/h6-7,12,14H,4-5,8-11H2,1-3H3,(H,19,20,21). The minimum Gasteiger partial charge on any atom is -0.463 e. The summed E-state index contributed by atoms with van der Waals surface area (Å²) in [4.78, 5) is 33.9. The number of aromatic nitrogens is 2. The number of hydrogen-bond acceptors (Lipinski definition) is 8. The number of amides is 1. The molecule has 1 aromatic heterocycles. The first-order valence-electron chi connectivity index (χ1n) is 9.01. The Morgan fingerprint density at radius 3 is 2.63 bits per heavy atom. The molecule has 0 aliphatic carbocycles. The largest absolute Gasteiger partial charge is 0.463 e. The molecule has 27 heavy (non-hydrogen) atoms. The van der Waals surface area contributed by atoms with E-state index in [0.29, 0.717) is 42.8 Å². The molecule has 148 valence electrons. The molecule has 1 fully saturated rings. The average Bonchev–Trinajstić information content (AvgIpc) is 2.68. The van der Waals surface area contributed by atoms with E-state index in [2.05, 4.69) is 15.3 Å². The molecular weight excluding hydrogens is 368 g/mol. The summed E-state index contributed by atoms with van der Waals surface area (Å²) in [6.45, 7) is 5.53. The fourth-order valence-corrected chi connectivity index (χ4v) is 3.01. The van der Waals surface area contributed by atoms with Gasteiger partial charge in [-0.2, -0.15) is 0 Å². The van der Waals surface area contributed by atoms with Gasteiger partial charge in [0.05, 0.1) is 13.2 Å². The quantitative estimate of drug-likeness (QED) is 0.327. The lowest BCUT2D eigenvalue weighted by atomic mass is 10.1. The Morgan fingerprint density at radius 2 is 2.00 bits per heavy atom. The predicted octanol–water partition coefficient (Wildman–Crippen LogP) is 2.81. The molecule has 0 bridgehead atoms. The Kier molecular flexibility index (Phi) is 8.38. The van der Waals surface area contributed by atoms with Crippen molar-refractivity contribution in [3.05, 3.63) is 17.8 Å². The number of thioether (sulfide) groups is 1. The van der Waals surface area contributed by atoms with Crippen molar-refractivity contribution in [2.45, 2.75) is 37.9 Å². The van der Waals surface area contributed by atoms with E-state index in [9.17, 15) is 9.59 Å². The maximum atomic E-state index is 11.8. The molecule has 1 aliphatic heterocycles. The molecule has 0 radical (unpaired) electrons. The van der Waals surface area contributed by atoms with Gasteiger partial charge in [0.2, 0.25) is 0 Å². The van der Waals surface area contributed by atoms with Crippen molar-refractivity contribution in [2.24, 2.45) is 0 Å². The lowest BCUT2D eigenvalue weighted by molar-refractivity contribution is -0.137. The molecule has 2 heterocycles. The summed E-state index contributed by atoms with van der Waals surface area (Å²) in [5, 5.41) is 4.07. The van der Waals surface area contributed by atoms with E-state index in [1.165, 1.54) is 17.8 Å². The molecule has 0 atom stereocenters. The van der Waals surface area contributed by atoms with E-state index >= 15 is 0 Å². The van der Waals surface area contributed by atoms with Crippen LogP contribution in [0.2, 0.25) is 0 Å². The first kappa shape index (κ1) is 21.0. The van der Waals surface area contributed by atoms with Crippen LogP contribution in [0.15, 0.2) is 17.4 Å². The van der Waals surface area contributed by atoms with Gasteiger partial charge in [0.15, 0.2) is 5.16 Å². The number of carbonyl (C=O) groups excluding carboxylic acids is 2. The molecule has 2 rings (SSSR count). The molecule has 1 amide bonds. The van der Waals surface area contributed by atoms with Crippen LogP contribution in [0.25, 0.3) is 6.08 Å². The van der Waals surface area contributed by atoms with Gasteiger partial charge in [0.25, 0.3) is 0 Å². The summed E-state index contributed by atoms with van der Waals surface area (Å²) in [5.74, 6) is 0.268. The highest BCUT2D eigenvalue weighted by atomic mass is 32.2. The molecule has 1 aliphatic rings. The Morgan fingerprint density at radius 1 is 1.30 bits per heavy atom. The SMILES string of the molecule is CCOC(=O)C=Cc1cnc(SC)nc1NC1CCN(C(=O)OCC)CC1. The zero-order valence-corrected chi connectivity index (χ0v) is 16.8. The molecule has 0 aromatic carbocycles. The summed E-state index contributed by atoms with van der Waals surface area (Å²) >= 11 is 1.45. The summed E-state index contributed by atoms with van der Waals surface area (Å²) in [5.41, 5.74) is 0.716. The van der Waals surface area contributed by atoms with Crippen LogP contribution in [0.1, 0.15) is 32.3 Å². The molecular formula is C18H26N4O4S. The van der Waals surface area contributed by atoms with Gasteiger partial charge >= 0.3 is 12.1 Å². The maximum Gasteiger partial charge on any atom is 0.409 e. The van der Waals surface area contributed by atoms with Gasteiger partial charge in [-0.3, -0.25) is 0 Å². The van der Waals surface area contributed by atoms with E-state index in [1.54, 1.807) is 31.0 Å². The molecule has 1 aromatic rings. The minimum atomic E-state index is -0.403. The monoisotopic (exact) mass is 394 g/mol. The Bertz CT molecular complexity index is 675. The number of nitrogens with one attached hydrogen (secondary N) is 1. The van der Waals surface area contributed by atoms with Crippen molar-refractivity contribution in [1.82, 2.24) is 14.9 Å². The molecule has 0 spiro atoms. The van der Waals surface area contributed by atoms with Crippen LogP contribution in [-0.2, 0) is 14.3 Å². The van der Waals surface area contributed by atoms with Crippen LogP contribution < -0.4 is 5.32 Å². The average molecular weight is 394 g/mol. The van der Waals surface area contributed by atoms with Gasteiger partial charge < -0.3 is 19.7 Å². The van der Waals surface area contributed by atoms with Crippen molar-refractivity contribution in [1.29, 1.82) is 0 Å². The minimum absolute atomic E-state index is 0.176. The molecule has 1 N–H and O–H groups in total. The molecule has 8 nitrogen and oxygen atoms in total. The van der Waals surface area contributed by atoms with Crippen LogP contribution in [0.3, 0.4) is 0 Å². The number of nitrogens with zero attached hydrogens (tertiary/aromatic N) is 3. The third-order valence-corrected chi connectivity index (χ3v) is 4.59. The number of hydrogen-bond donors (Lipinski definition) is 1. The number of ether oxygens (including phenoxy) is 2. The predicted molar refractivity (Wildman–Crippen MR) is 105 cm³/mol. The second kappa shape index (κ2) is 10.8. The third-order valence-electron chi connectivity index (χ3n) is 4.02. The van der Waals surface area contributed by atoms with Crippen molar-refractivity contribution in [3.8, 4) is 0 Å². The zero-order valence-electron chi connectivity index (χ0n) is 15.9. The van der Waals surface area contributed by atoms with Gasteiger partial charge in [-0.05, 0) is 39.0 Å². The van der Waals surface area contributed by atoms with E-state index in [-0.39, 0.29) is 12.1 Å². The number of anilines is 1. The van der Waals surface area contributed by atoms with Gasteiger partial charge in [0, 0.05) is 37.0 Å². The highest BCUT2D eigenvalue weighted by Crippen LogP contribution is 2.22. The van der Waals surface area contributed by atoms with Gasteiger partial charge in [-0.25, -0.2) is 19.6 Å². The normalized spacial score (nSPS) is 15.0. The molecule has 9 heteroatoms. The second-order valence-corrected chi connectivity index (χ2v) is 6.62. The van der Waals surface area contributed by atoms with Crippen LogP contribution in [0.5, 0.6) is 0 Å². The van der Waals surface area contributed by atoms with Gasteiger partial charge in [-0.1, -0.05) is 11.8 Å². The summed E-state index contributed by atoms with van der Waals surface area (Å²) in [6.07, 6.45) is 7.93. The van der Waals surface area contributed by atoms with Crippen molar-refractivity contribution in [3.63, 3.8) is 0 Å². The second-order valence-electron chi connectivity index (χ2n) is 5.85. The van der Waals surface area contributed by atoms with Crippen LogP contribution >= 0.6 is 11.8 Å². The fraction of sp³-hybridized carbons (Fsp3) is 0.556. The van der Waals surface area contributed by atoms with Gasteiger partial charge in [-0.15, -0.1) is 0 Å². The highest BCUT2D eigenvalue weighted by Gasteiger charge is 2.24. The van der Waals surface area contributed by atoms with E-state index < -0.39 is 5.97 Å². The number of likely N-dealkylation sites (tertiary alicyclic amines) is 1. The number of rotatable bonds is 7. The summed E-state index contributed by atoms with van der Waals surface area (Å²) in [7, 11) is 0. The first-order chi connectivity index (χ1) is 13.1. The number of piperidine rings is 1. The number of carbonyl (C=O) groups is 2. The van der Waals surface area contributed by atoms with Crippen LogP contribution in [0.4, 0.5) is 10.6 Å². The van der Waals surface area contributed by atoms with E-state index in [0.717, 1.165) is 12.8 Å². The fourth-order valence-electron chi connectivity index (χ4n) is 2.67. The van der Waals surface area contributed by atoms with Gasteiger partial charge in [0.1, 0.15) is 5.82 Å². The lowest BCUT2D eigenvalue weighted by Gasteiger charge is -2.32.